The van der Waals surface area contributed by atoms with Crippen LogP contribution in [0.2, 0.25) is 0 Å². The third-order valence-corrected chi connectivity index (χ3v) is 11.1. The molecule has 0 unspecified atom stereocenters. The van der Waals surface area contributed by atoms with Crippen molar-refractivity contribution in [2.75, 3.05) is 18.9 Å². The Hall–Kier alpha value is -7.02. The molecule has 5 heterocycles. The van der Waals surface area contributed by atoms with E-state index in [-0.39, 0.29) is 31.1 Å². The van der Waals surface area contributed by atoms with Crippen LogP contribution in [0, 0.1) is 20.8 Å². The van der Waals surface area contributed by atoms with E-state index in [0.717, 1.165) is 79.0 Å². The third kappa shape index (κ3) is 6.67. The number of aryl methyl sites for hydroxylation is 4. The number of hydrogen-bond donors (Lipinski definition) is 3. The Morgan fingerprint density at radius 1 is 0.948 bits per heavy atom. The van der Waals surface area contributed by atoms with E-state index >= 15 is 0 Å². The van der Waals surface area contributed by atoms with E-state index < -0.39 is 5.97 Å². The van der Waals surface area contributed by atoms with Gasteiger partial charge in [0, 0.05) is 73.0 Å². The van der Waals surface area contributed by atoms with Crippen LogP contribution in [0.1, 0.15) is 63.0 Å². The summed E-state index contributed by atoms with van der Waals surface area (Å²) >= 11 is 0. The number of rotatable bonds is 11. The zero-order valence-corrected chi connectivity index (χ0v) is 33.3. The van der Waals surface area contributed by atoms with Crippen molar-refractivity contribution in [1.29, 1.82) is 0 Å². The van der Waals surface area contributed by atoms with Crippen LogP contribution in [0.3, 0.4) is 0 Å². The van der Waals surface area contributed by atoms with E-state index in [1.807, 2.05) is 90.9 Å². The number of pyridine rings is 1. The zero-order valence-electron chi connectivity index (χ0n) is 33.3. The number of carbonyl (C=O) groups excluding carboxylic acids is 1. The molecular weight excluding hydrogens is 731 g/mol. The zero-order chi connectivity index (χ0) is 40.8. The van der Waals surface area contributed by atoms with Crippen LogP contribution in [-0.2, 0) is 30.7 Å². The van der Waals surface area contributed by atoms with E-state index in [1.54, 1.807) is 26.4 Å². The van der Waals surface area contributed by atoms with Gasteiger partial charge in [-0.05, 0) is 110 Å². The molecule has 0 aliphatic carbocycles. The number of fused-ring (bicyclic) bond motifs is 2. The summed E-state index contributed by atoms with van der Waals surface area (Å²) in [4.78, 5) is 47.3. The van der Waals surface area contributed by atoms with Gasteiger partial charge in [-0.15, -0.1) is 0 Å². The number of carboxylic acid groups (broad SMARTS) is 1. The summed E-state index contributed by atoms with van der Waals surface area (Å²) in [6, 6.07) is 21.6. The van der Waals surface area contributed by atoms with Crippen molar-refractivity contribution >= 4 is 34.7 Å². The molecule has 1 aliphatic rings. The minimum Gasteiger partial charge on any atom is -0.481 e. The first-order chi connectivity index (χ1) is 28.0. The molecule has 0 spiro atoms. The number of carbonyl (C=O) groups is 2. The first-order valence-electron chi connectivity index (χ1n) is 19.5. The molecule has 1 amide bonds. The molecule has 0 bridgehead atoms. The summed E-state index contributed by atoms with van der Waals surface area (Å²) in [5.41, 5.74) is 11.8. The molecule has 4 aromatic heterocycles. The molecule has 294 valence electrons. The second-order valence-electron chi connectivity index (χ2n) is 14.9. The van der Waals surface area contributed by atoms with Crippen molar-refractivity contribution in [3.63, 3.8) is 0 Å². The van der Waals surface area contributed by atoms with Crippen molar-refractivity contribution in [1.82, 2.24) is 33.4 Å². The average Bonchev–Trinajstić information content (AvgIpc) is 3.91. The lowest BCUT2D eigenvalue weighted by Gasteiger charge is -2.27. The SMILES string of the molecule is CCc1nccc(-c2ccc3c(c2)cc(C(=O)N2CCc4nn(-c5cc(C)cc(C)c5)c(-n5ccn(-c6ccc(NC)c(C=[NH2+])c6)c5=O)c4C2)n3CCC(=O)O)c1C. The fourth-order valence-electron chi connectivity index (χ4n) is 8.31. The first kappa shape index (κ1) is 37.9. The Kier molecular flexibility index (Phi) is 9.89. The van der Waals surface area contributed by atoms with E-state index in [2.05, 4.69) is 36.3 Å². The average molecular weight is 777 g/mol. The Balaban J connectivity index is 1.22. The minimum atomic E-state index is -0.949. The van der Waals surface area contributed by atoms with Crippen LogP contribution in [-0.4, -0.2) is 70.2 Å². The maximum Gasteiger partial charge on any atom is 0.338 e. The van der Waals surface area contributed by atoms with Crippen LogP contribution < -0.4 is 16.4 Å². The largest absolute Gasteiger partial charge is 0.481 e. The quantitative estimate of drug-likeness (QED) is 0.152. The second-order valence-corrected chi connectivity index (χ2v) is 14.9. The first-order valence-corrected chi connectivity index (χ1v) is 19.5. The normalized spacial score (nSPS) is 12.5. The molecule has 3 aromatic carbocycles. The molecule has 0 atom stereocenters. The molecule has 13 heteroatoms. The fraction of sp³-hybridized carbons (Fsp3) is 0.244. The lowest BCUT2D eigenvalue weighted by molar-refractivity contribution is -0.137. The highest BCUT2D eigenvalue weighted by molar-refractivity contribution is 6.00. The number of imidazole rings is 1. The summed E-state index contributed by atoms with van der Waals surface area (Å²) in [5, 5.41) is 24.7. The van der Waals surface area contributed by atoms with Crippen molar-refractivity contribution in [3.05, 3.63) is 141 Å². The van der Waals surface area contributed by atoms with Gasteiger partial charge < -0.3 is 19.9 Å². The number of hydrogen-bond acceptors (Lipinski definition) is 6. The molecule has 0 fully saturated rings. The summed E-state index contributed by atoms with van der Waals surface area (Å²) in [5.74, 6) is -0.628. The summed E-state index contributed by atoms with van der Waals surface area (Å²) in [6.45, 7) is 8.91. The fourth-order valence-corrected chi connectivity index (χ4v) is 8.31. The lowest BCUT2D eigenvalue weighted by atomic mass is 9.98. The third-order valence-electron chi connectivity index (χ3n) is 11.1. The predicted molar refractivity (Wildman–Crippen MR) is 225 cm³/mol. The van der Waals surface area contributed by atoms with Gasteiger partial charge in [0.05, 0.1) is 35.6 Å². The van der Waals surface area contributed by atoms with E-state index in [0.29, 0.717) is 30.2 Å². The topological polar surface area (TPSA) is 158 Å². The Morgan fingerprint density at radius 2 is 1.72 bits per heavy atom. The van der Waals surface area contributed by atoms with Gasteiger partial charge in [-0.3, -0.25) is 29.1 Å². The molecule has 1 aliphatic heterocycles. The highest BCUT2D eigenvalue weighted by Gasteiger charge is 2.32. The summed E-state index contributed by atoms with van der Waals surface area (Å²) in [7, 11) is 1.81. The van der Waals surface area contributed by atoms with Crippen LogP contribution in [0.4, 0.5) is 5.69 Å². The van der Waals surface area contributed by atoms with Gasteiger partial charge in [0.1, 0.15) is 11.5 Å². The summed E-state index contributed by atoms with van der Waals surface area (Å²) < 4.78 is 6.78. The van der Waals surface area contributed by atoms with Crippen LogP contribution >= 0.6 is 0 Å². The molecule has 7 aromatic rings. The van der Waals surface area contributed by atoms with Gasteiger partial charge in [0.25, 0.3) is 5.91 Å². The van der Waals surface area contributed by atoms with Crippen LogP contribution in [0.15, 0.2) is 90.1 Å². The number of nitrogens with zero attached hydrogens (tertiary/aromatic N) is 7. The highest BCUT2D eigenvalue weighted by Crippen LogP contribution is 2.33. The number of amides is 1. The smallest absolute Gasteiger partial charge is 0.338 e. The minimum absolute atomic E-state index is 0.129. The van der Waals surface area contributed by atoms with Crippen molar-refractivity contribution < 1.29 is 20.1 Å². The van der Waals surface area contributed by atoms with Gasteiger partial charge in [0.15, 0.2) is 6.21 Å². The van der Waals surface area contributed by atoms with Crippen LogP contribution in [0.25, 0.3) is 39.2 Å². The number of aliphatic carboxylic acids is 1. The number of benzene rings is 3. The summed E-state index contributed by atoms with van der Waals surface area (Å²) in [6.07, 6.45) is 7.90. The molecule has 0 radical (unpaired) electrons. The van der Waals surface area contributed by atoms with E-state index in [9.17, 15) is 19.5 Å². The van der Waals surface area contributed by atoms with Gasteiger partial charge in [-0.25, -0.2) is 9.48 Å². The standard InChI is InChI=1S/C45H45N9O4/c1-6-37-29(4)35(11-14-48-37)30-7-10-40-31(22-30)24-41(52(40)16-13-42(55)56)44(57)50-15-12-39-36(26-50)43(54(49-39)34-20-27(2)19-28(3)21-34)53-18-17-51(45(53)58)33-8-9-38(47-5)32(23-33)25-46/h7-11,14,17-25,46-47H,6,12-13,15-16,26H2,1-5H3,(H,55,56)/p+1. The Bertz CT molecular complexity index is 2820. The van der Waals surface area contributed by atoms with Crippen molar-refractivity contribution in [3.8, 4) is 28.3 Å². The van der Waals surface area contributed by atoms with E-state index in [1.165, 1.54) is 6.21 Å². The van der Waals surface area contributed by atoms with E-state index in [4.69, 9.17) is 10.5 Å². The number of nitrogens with one attached hydrogen (secondary N) is 1. The molecule has 13 nitrogen and oxygen atoms in total. The van der Waals surface area contributed by atoms with Crippen LogP contribution in [0.5, 0.6) is 0 Å². The van der Waals surface area contributed by atoms with Crippen molar-refractivity contribution in [2.45, 2.75) is 60.0 Å². The number of carboxylic acids is 1. The molecular formula is C45H46N9O4+. The Labute approximate surface area is 335 Å². The maximum absolute atomic E-state index is 14.8. The second kappa shape index (κ2) is 15.1. The molecule has 4 N–H and O–H groups in total. The van der Waals surface area contributed by atoms with Gasteiger partial charge in [-0.1, -0.05) is 19.1 Å². The van der Waals surface area contributed by atoms with Gasteiger partial charge in [-0.2, -0.15) is 5.10 Å². The number of anilines is 1. The van der Waals surface area contributed by atoms with Crippen molar-refractivity contribution in [2.24, 2.45) is 0 Å². The monoisotopic (exact) mass is 776 g/mol. The van der Waals surface area contributed by atoms with Gasteiger partial charge in [0.2, 0.25) is 0 Å². The number of nitrogens with two attached hydrogens (primary N) is 1. The molecule has 0 saturated carbocycles. The maximum atomic E-state index is 14.8. The molecule has 58 heavy (non-hydrogen) atoms. The molecule has 8 rings (SSSR count). The van der Waals surface area contributed by atoms with Gasteiger partial charge >= 0.3 is 11.7 Å². The number of aromatic nitrogens is 6. The molecule has 0 saturated heterocycles. The predicted octanol–water partition coefficient (Wildman–Crippen LogP) is 5.21. The highest BCUT2D eigenvalue weighted by atomic mass is 16.4. The lowest BCUT2D eigenvalue weighted by Crippen LogP contribution is -2.37. The Morgan fingerprint density at radius 3 is 2.45 bits per heavy atom.